The average molecular weight is 474 g/mol. The first-order valence-electron chi connectivity index (χ1n) is 8.74. The van der Waals surface area contributed by atoms with Gasteiger partial charge in [0, 0.05) is 5.69 Å². The SMILES string of the molecule is CC(C)(CN=C(N)Nc1ccc2c(c1)CCC2)NC(=O)OC(C)(C)C.I. The normalized spacial score (nSPS) is 14.3. The number of carbonyl (C=O) groups excluding carboxylic acids is 1. The van der Waals surface area contributed by atoms with Gasteiger partial charge in [-0.25, -0.2) is 4.79 Å². The summed E-state index contributed by atoms with van der Waals surface area (Å²) >= 11 is 0. The van der Waals surface area contributed by atoms with Crippen molar-refractivity contribution in [2.75, 3.05) is 11.9 Å². The van der Waals surface area contributed by atoms with E-state index in [0.29, 0.717) is 12.5 Å². The lowest BCUT2D eigenvalue weighted by Crippen LogP contribution is -2.48. The molecule has 7 heteroatoms. The Morgan fingerprint density at radius 2 is 1.85 bits per heavy atom. The quantitative estimate of drug-likeness (QED) is 0.352. The number of halogens is 1. The standard InChI is InChI=1S/C19H30N4O2.HI/c1-18(2,3)25-17(24)23-19(4,5)12-21-16(20)22-15-10-9-13-7-6-8-14(13)11-15;/h9-11H,6-8,12H2,1-5H3,(H,23,24)(H3,20,21,22);1H. The Balaban J connectivity index is 0.00000338. The molecule has 0 saturated carbocycles. The van der Waals surface area contributed by atoms with E-state index in [-0.39, 0.29) is 24.0 Å². The number of aliphatic imine (C=N–C) groups is 1. The van der Waals surface area contributed by atoms with E-state index in [1.807, 2.05) is 40.7 Å². The Morgan fingerprint density at radius 1 is 1.19 bits per heavy atom. The summed E-state index contributed by atoms with van der Waals surface area (Å²) in [7, 11) is 0. The van der Waals surface area contributed by atoms with E-state index in [2.05, 4.69) is 27.8 Å². The highest BCUT2D eigenvalue weighted by atomic mass is 127. The van der Waals surface area contributed by atoms with Crippen LogP contribution in [0.2, 0.25) is 0 Å². The van der Waals surface area contributed by atoms with Crippen molar-refractivity contribution in [3.8, 4) is 0 Å². The third-order valence-electron chi connectivity index (χ3n) is 3.85. The monoisotopic (exact) mass is 474 g/mol. The Kier molecular flexibility index (Phi) is 7.73. The molecule has 1 aromatic rings. The number of ether oxygens (including phenoxy) is 1. The van der Waals surface area contributed by atoms with Crippen molar-refractivity contribution in [2.45, 2.75) is 65.0 Å². The van der Waals surface area contributed by atoms with Crippen LogP contribution in [0.3, 0.4) is 0 Å². The predicted octanol–water partition coefficient (Wildman–Crippen LogP) is 3.82. The van der Waals surface area contributed by atoms with Crippen molar-refractivity contribution in [1.82, 2.24) is 5.32 Å². The topological polar surface area (TPSA) is 88.7 Å². The second-order valence-corrected chi connectivity index (χ2v) is 8.17. The fraction of sp³-hybridized carbons (Fsp3) is 0.579. The second-order valence-electron chi connectivity index (χ2n) is 8.17. The zero-order chi connectivity index (χ0) is 18.7. The number of hydrogen-bond donors (Lipinski definition) is 3. The highest BCUT2D eigenvalue weighted by Gasteiger charge is 2.24. The van der Waals surface area contributed by atoms with Crippen molar-refractivity contribution in [1.29, 1.82) is 0 Å². The summed E-state index contributed by atoms with van der Waals surface area (Å²) in [5.74, 6) is 0.331. The third kappa shape index (κ3) is 7.39. The van der Waals surface area contributed by atoms with Crippen molar-refractivity contribution in [3.63, 3.8) is 0 Å². The van der Waals surface area contributed by atoms with Gasteiger partial charge in [0.15, 0.2) is 5.96 Å². The lowest BCUT2D eigenvalue weighted by atomic mass is 10.1. The van der Waals surface area contributed by atoms with E-state index in [9.17, 15) is 4.79 Å². The number of nitrogens with two attached hydrogens (primary N) is 1. The number of hydrogen-bond acceptors (Lipinski definition) is 3. The summed E-state index contributed by atoms with van der Waals surface area (Å²) in [6.07, 6.45) is 3.03. The molecule has 1 aliphatic rings. The van der Waals surface area contributed by atoms with E-state index in [1.165, 1.54) is 17.5 Å². The van der Waals surface area contributed by atoms with E-state index in [0.717, 1.165) is 18.5 Å². The molecule has 0 unspecified atom stereocenters. The Morgan fingerprint density at radius 3 is 2.50 bits per heavy atom. The molecule has 6 nitrogen and oxygen atoms in total. The van der Waals surface area contributed by atoms with Gasteiger partial charge in [-0.05, 0) is 77.1 Å². The van der Waals surface area contributed by atoms with Crippen LogP contribution in [0.15, 0.2) is 23.2 Å². The van der Waals surface area contributed by atoms with Gasteiger partial charge in [0.1, 0.15) is 5.60 Å². The smallest absolute Gasteiger partial charge is 0.408 e. The van der Waals surface area contributed by atoms with E-state index < -0.39 is 17.2 Å². The molecule has 26 heavy (non-hydrogen) atoms. The molecule has 0 atom stereocenters. The van der Waals surface area contributed by atoms with Crippen LogP contribution < -0.4 is 16.4 Å². The van der Waals surface area contributed by atoms with Crippen LogP contribution in [0, 0.1) is 0 Å². The van der Waals surface area contributed by atoms with E-state index in [1.54, 1.807) is 0 Å². The molecule has 0 saturated heterocycles. The summed E-state index contributed by atoms with van der Waals surface area (Å²) in [6, 6.07) is 6.30. The molecule has 0 radical (unpaired) electrons. The first kappa shape index (κ1) is 22.5. The number of fused-ring (bicyclic) bond motifs is 1. The highest BCUT2D eigenvalue weighted by Crippen LogP contribution is 2.24. The summed E-state index contributed by atoms with van der Waals surface area (Å²) < 4.78 is 5.27. The fourth-order valence-corrected chi connectivity index (χ4v) is 2.74. The first-order valence-corrected chi connectivity index (χ1v) is 8.74. The molecular formula is C19H31IN4O2. The largest absolute Gasteiger partial charge is 0.444 e. The summed E-state index contributed by atoms with van der Waals surface area (Å²) in [5, 5.41) is 5.93. The number of carbonyl (C=O) groups is 1. The Hall–Kier alpha value is -1.51. The summed E-state index contributed by atoms with van der Waals surface area (Å²) in [6.45, 7) is 9.59. The van der Waals surface area contributed by atoms with Gasteiger partial charge in [-0.1, -0.05) is 6.07 Å². The predicted molar refractivity (Wildman–Crippen MR) is 117 cm³/mol. The van der Waals surface area contributed by atoms with Gasteiger partial charge in [-0.3, -0.25) is 4.99 Å². The second kappa shape index (κ2) is 8.92. The van der Waals surface area contributed by atoms with Crippen molar-refractivity contribution >= 4 is 41.7 Å². The molecule has 4 N–H and O–H groups in total. The maximum absolute atomic E-state index is 11.9. The van der Waals surface area contributed by atoms with Crippen molar-refractivity contribution in [2.24, 2.45) is 10.7 Å². The molecule has 0 bridgehead atoms. The van der Waals surface area contributed by atoms with E-state index >= 15 is 0 Å². The van der Waals surface area contributed by atoms with Gasteiger partial charge in [0.2, 0.25) is 0 Å². The minimum Gasteiger partial charge on any atom is -0.444 e. The molecule has 0 aliphatic heterocycles. The number of anilines is 1. The average Bonchev–Trinajstić information content (AvgIpc) is 2.90. The molecule has 1 amide bonds. The van der Waals surface area contributed by atoms with Crippen LogP contribution in [0.5, 0.6) is 0 Å². The van der Waals surface area contributed by atoms with Crippen LogP contribution in [0.1, 0.15) is 52.2 Å². The molecular weight excluding hydrogens is 443 g/mol. The van der Waals surface area contributed by atoms with Gasteiger partial charge in [-0.15, -0.1) is 24.0 Å². The zero-order valence-electron chi connectivity index (χ0n) is 16.3. The minimum absolute atomic E-state index is 0. The first-order chi connectivity index (χ1) is 11.5. The van der Waals surface area contributed by atoms with E-state index in [4.69, 9.17) is 10.5 Å². The van der Waals surface area contributed by atoms with Crippen molar-refractivity contribution < 1.29 is 9.53 Å². The van der Waals surface area contributed by atoms with Crippen molar-refractivity contribution in [3.05, 3.63) is 29.3 Å². The number of guanidine groups is 1. The molecule has 0 aromatic heterocycles. The molecule has 0 fully saturated rings. The van der Waals surface area contributed by atoms with Gasteiger partial charge >= 0.3 is 6.09 Å². The van der Waals surface area contributed by atoms with Gasteiger partial charge in [0.05, 0.1) is 12.1 Å². The van der Waals surface area contributed by atoms with Gasteiger partial charge < -0.3 is 21.1 Å². The zero-order valence-corrected chi connectivity index (χ0v) is 18.6. The van der Waals surface area contributed by atoms with Crippen LogP contribution >= 0.6 is 24.0 Å². The highest BCUT2D eigenvalue weighted by molar-refractivity contribution is 14.0. The summed E-state index contributed by atoms with van der Waals surface area (Å²) in [4.78, 5) is 16.2. The van der Waals surface area contributed by atoms with Gasteiger partial charge in [0.25, 0.3) is 0 Å². The van der Waals surface area contributed by atoms with Crippen LogP contribution in [0.25, 0.3) is 0 Å². The van der Waals surface area contributed by atoms with Crippen LogP contribution in [-0.2, 0) is 17.6 Å². The maximum atomic E-state index is 11.9. The Labute approximate surface area is 173 Å². The third-order valence-corrected chi connectivity index (χ3v) is 3.85. The Bertz CT molecular complexity index is 666. The number of alkyl carbamates (subject to hydrolysis) is 1. The fourth-order valence-electron chi connectivity index (χ4n) is 2.74. The lowest BCUT2D eigenvalue weighted by Gasteiger charge is -2.27. The molecule has 1 aliphatic carbocycles. The number of amides is 1. The molecule has 146 valence electrons. The molecule has 0 spiro atoms. The van der Waals surface area contributed by atoms with Crippen LogP contribution in [0.4, 0.5) is 10.5 Å². The lowest BCUT2D eigenvalue weighted by molar-refractivity contribution is 0.0476. The molecule has 2 rings (SSSR count). The summed E-state index contributed by atoms with van der Waals surface area (Å²) in [5.41, 5.74) is 8.64. The number of aryl methyl sites for hydroxylation is 2. The number of benzene rings is 1. The van der Waals surface area contributed by atoms with Crippen LogP contribution in [-0.4, -0.2) is 29.7 Å². The minimum atomic E-state index is -0.563. The number of rotatable bonds is 4. The maximum Gasteiger partial charge on any atom is 0.408 e. The molecule has 1 aromatic carbocycles. The van der Waals surface area contributed by atoms with Gasteiger partial charge in [-0.2, -0.15) is 0 Å². The molecule has 0 heterocycles. The number of nitrogens with zero attached hydrogens (tertiary/aromatic N) is 1. The number of nitrogens with one attached hydrogen (secondary N) is 2.